The monoisotopic (exact) mass is 369 g/mol. The number of hydrogen-bond donors (Lipinski definition) is 0. The van der Waals surface area contributed by atoms with Gasteiger partial charge in [-0.15, -0.1) is 0 Å². The van der Waals surface area contributed by atoms with E-state index in [0.29, 0.717) is 11.1 Å². The van der Waals surface area contributed by atoms with Crippen LogP contribution in [0.4, 0.5) is 0 Å². The lowest BCUT2D eigenvalue weighted by Crippen LogP contribution is -1.94. The van der Waals surface area contributed by atoms with Crippen LogP contribution >= 0.6 is 0 Å². The van der Waals surface area contributed by atoms with E-state index in [1.807, 2.05) is 24.3 Å². The number of nitriles is 2. The highest BCUT2D eigenvalue weighted by atomic mass is 15.0. The molecule has 4 aromatic carbocycles. The summed E-state index contributed by atoms with van der Waals surface area (Å²) in [5.41, 5.74) is 6.15. The van der Waals surface area contributed by atoms with Gasteiger partial charge in [0.2, 0.25) is 0 Å². The third-order valence-electron chi connectivity index (χ3n) is 5.21. The molecule has 0 saturated carbocycles. The quantitative estimate of drug-likeness (QED) is 0.372. The maximum atomic E-state index is 9.31. The molecule has 0 atom stereocenters. The summed E-state index contributed by atoms with van der Waals surface area (Å²) in [5, 5.41) is 21.0. The lowest BCUT2D eigenvalue weighted by molar-refractivity contribution is 1.18. The Kier molecular flexibility index (Phi) is 3.87. The molecule has 0 radical (unpaired) electrons. The normalized spacial score (nSPS) is 10.7. The Hall–Kier alpha value is -4.34. The lowest BCUT2D eigenvalue weighted by Gasteiger charge is -2.10. The Morgan fingerprint density at radius 2 is 1.14 bits per heavy atom. The highest BCUT2D eigenvalue weighted by Gasteiger charge is 2.12. The summed E-state index contributed by atoms with van der Waals surface area (Å²) in [4.78, 5) is 0. The van der Waals surface area contributed by atoms with Crippen molar-refractivity contribution in [1.82, 2.24) is 4.57 Å². The largest absolute Gasteiger partial charge is 0.309 e. The second kappa shape index (κ2) is 6.68. The molecule has 0 spiro atoms. The topological polar surface area (TPSA) is 52.5 Å². The van der Waals surface area contributed by atoms with Crippen molar-refractivity contribution in [3.63, 3.8) is 0 Å². The highest BCUT2D eigenvalue weighted by molar-refractivity contribution is 6.09. The maximum absolute atomic E-state index is 9.31. The summed E-state index contributed by atoms with van der Waals surface area (Å²) in [7, 11) is 0. The first kappa shape index (κ1) is 16.8. The first-order valence-corrected chi connectivity index (χ1v) is 9.33. The van der Waals surface area contributed by atoms with Crippen LogP contribution in [-0.2, 0) is 0 Å². The van der Waals surface area contributed by atoms with Gasteiger partial charge in [0, 0.05) is 16.5 Å². The van der Waals surface area contributed by atoms with Gasteiger partial charge < -0.3 is 4.57 Å². The molecule has 0 N–H and O–H groups in total. The van der Waals surface area contributed by atoms with Gasteiger partial charge in [0.25, 0.3) is 0 Å². The first-order chi connectivity index (χ1) is 14.3. The lowest BCUT2D eigenvalue weighted by atomic mass is 10.00. The summed E-state index contributed by atoms with van der Waals surface area (Å²) in [6, 6.07) is 34.6. The second-order valence-corrected chi connectivity index (χ2v) is 6.94. The molecule has 5 aromatic rings. The third-order valence-corrected chi connectivity index (χ3v) is 5.21. The minimum atomic E-state index is 0.487. The Bertz CT molecular complexity index is 1390. The van der Waals surface area contributed by atoms with Gasteiger partial charge in [0.05, 0.1) is 34.3 Å². The molecule has 1 aromatic heterocycles. The van der Waals surface area contributed by atoms with Gasteiger partial charge in [0.1, 0.15) is 0 Å². The van der Waals surface area contributed by atoms with Gasteiger partial charge in [-0.25, -0.2) is 0 Å². The van der Waals surface area contributed by atoms with E-state index in [9.17, 15) is 10.5 Å². The number of rotatable bonds is 2. The van der Waals surface area contributed by atoms with E-state index < -0.39 is 0 Å². The van der Waals surface area contributed by atoms with Crippen LogP contribution in [0, 0.1) is 22.7 Å². The Balaban J connectivity index is 1.77. The van der Waals surface area contributed by atoms with E-state index in [4.69, 9.17) is 0 Å². The van der Waals surface area contributed by atoms with E-state index >= 15 is 0 Å². The van der Waals surface area contributed by atoms with Gasteiger partial charge in [-0.2, -0.15) is 10.5 Å². The number of nitrogens with zero attached hydrogens (tertiary/aromatic N) is 3. The molecule has 0 aliphatic carbocycles. The van der Waals surface area contributed by atoms with E-state index in [1.54, 1.807) is 6.07 Å². The molecule has 0 unspecified atom stereocenters. The summed E-state index contributed by atoms with van der Waals surface area (Å²) in [6.45, 7) is 0. The number of fused-ring (bicyclic) bond motifs is 3. The predicted molar refractivity (Wildman–Crippen MR) is 116 cm³/mol. The maximum Gasteiger partial charge on any atom is 0.0992 e. The van der Waals surface area contributed by atoms with Gasteiger partial charge in [-0.3, -0.25) is 0 Å². The molecule has 0 bridgehead atoms. The Labute approximate surface area is 168 Å². The fourth-order valence-electron chi connectivity index (χ4n) is 3.95. The van der Waals surface area contributed by atoms with Gasteiger partial charge in [0.15, 0.2) is 0 Å². The van der Waals surface area contributed by atoms with Gasteiger partial charge in [-0.05, 0) is 53.6 Å². The molecular formula is C26H15N3. The Morgan fingerprint density at radius 1 is 0.552 bits per heavy atom. The summed E-state index contributed by atoms with van der Waals surface area (Å²) in [5.74, 6) is 0. The van der Waals surface area contributed by atoms with Crippen molar-refractivity contribution in [1.29, 1.82) is 10.5 Å². The van der Waals surface area contributed by atoms with Crippen LogP contribution in [0.3, 0.4) is 0 Å². The first-order valence-electron chi connectivity index (χ1n) is 9.33. The van der Waals surface area contributed by atoms with Crippen LogP contribution in [0.2, 0.25) is 0 Å². The number of hydrogen-bond acceptors (Lipinski definition) is 2. The number of para-hydroxylation sites is 2. The van der Waals surface area contributed by atoms with Crippen LogP contribution in [0.5, 0.6) is 0 Å². The van der Waals surface area contributed by atoms with E-state index in [1.165, 1.54) is 10.8 Å². The molecule has 5 rings (SSSR count). The minimum Gasteiger partial charge on any atom is -0.309 e. The summed E-state index contributed by atoms with van der Waals surface area (Å²) >= 11 is 0. The van der Waals surface area contributed by atoms with Crippen molar-refractivity contribution < 1.29 is 0 Å². The van der Waals surface area contributed by atoms with Crippen molar-refractivity contribution >= 4 is 21.8 Å². The molecule has 0 saturated heterocycles. The molecule has 0 fully saturated rings. The van der Waals surface area contributed by atoms with E-state index in [0.717, 1.165) is 27.8 Å². The van der Waals surface area contributed by atoms with Crippen molar-refractivity contribution in [2.75, 3.05) is 0 Å². The third kappa shape index (κ3) is 2.74. The van der Waals surface area contributed by atoms with E-state index in [2.05, 4.69) is 77.4 Å². The molecule has 3 nitrogen and oxygen atoms in total. The number of benzene rings is 4. The molecule has 0 aliphatic heterocycles. The second-order valence-electron chi connectivity index (χ2n) is 6.94. The average Bonchev–Trinajstić information content (AvgIpc) is 3.13. The van der Waals surface area contributed by atoms with Crippen LogP contribution in [0.1, 0.15) is 11.1 Å². The van der Waals surface area contributed by atoms with Crippen molar-refractivity contribution in [2.24, 2.45) is 0 Å². The average molecular weight is 369 g/mol. The number of aromatic nitrogens is 1. The SMILES string of the molecule is N#Cc1cc(C#N)cc(-c2cccc(-n3c4ccccc4c4ccccc43)c2)c1. The fraction of sp³-hybridized carbons (Fsp3) is 0. The molecule has 3 heteroatoms. The zero-order chi connectivity index (χ0) is 19.8. The Morgan fingerprint density at radius 3 is 1.72 bits per heavy atom. The zero-order valence-electron chi connectivity index (χ0n) is 15.5. The highest BCUT2D eigenvalue weighted by Crippen LogP contribution is 2.33. The summed E-state index contributed by atoms with van der Waals surface area (Å²) in [6.07, 6.45) is 0. The van der Waals surface area contributed by atoms with Crippen molar-refractivity contribution in [3.05, 3.63) is 102 Å². The van der Waals surface area contributed by atoms with Gasteiger partial charge in [-0.1, -0.05) is 48.5 Å². The van der Waals surface area contributed by atoms with Gasteiger partial charge >= 0.3 is 0 Å². The van der Waals surface area contributed by atoms with Crippen LogP contribution in [0.15, 0.2) is 91.0 Å². The van der Waals surface area contributed by atoms with Crippen LogP contribution in [-0.4, -0.2) is 4.57 Å². The molecule has 29 heavy (non-hydrogen) atoms. The van der Waals surface area contributed by atoms with Crippen molar-refractivity contribution in [3.8, 4) is 29.0 Å². The molecular weight excluding hydrogens is 354 g/mol. The molecule has 0 amide bonds. The minimum absolute atomic E-state index is 0.487. The smallest absolute Gasteiger partial charge is 0.0992 e. The van der Waals surface area contributed by atoms with Crippen LogP contribution < -0.4 is 0 Å². The van der Waals surface area contributed by atoms with Crippen molar-refractivity contribution in [2.45, 2.75) is 0 Å². The van der Waals surface area contributed by atoms with Crippen LogP contribution in [0.25, 0.3) is 38.6 Å². The molecule has 0 aliphatic rings. The van der Waals surface area contributed by atoms with E-state index in [-0.39, 0.29) is 0 Å². The standard InChI is InChI=1S/C26H15N3/c27-16-18-12-19(17-28)14-21(13-18)20-6-5-7-22(15-20)29-25-10-3-1-8-23(25)24-9-2-4-11-26(24)29/h1-15H. The zero-order valence-corrected chi connectivity index (χ0v) is 15.5. The molecule has 134 valence electrons. The molecule has 1 heterocycles. The summed E-state index contributed by atoms with van der Waals surface area (Å²) < 4.78 is 2.26. The fourth-order valence-corrected chi connectivity index (χ4v) is 3.95. The predicted octanol–water partition coefficient (Wildman–Crippen LogP) is 6.19.